The van der Waals surface area contributed by atoms with E-state index in [1.165, 1.54) is 11.0 Å². The van der Waals surface area contributed by atoms with Gasteiger partial charge in [-0.15, -0.1) is 0 Å². The number of carbonyl (C=O) groups excluding carboxylic acids is 1. The number of carbonyl (C=O) groups is 1. The highest BCUT2D eigenvalue weighted by Crippen LogP contribution is 2.40. The molecule has 0 saturated carbocycles. The Kier molecular flexibility index (Phi) is 4.71. The number of fused-ring (bicyclic) bond motifs is 2. The number of hydrogen-bond acceptors (Lipinski definition) is 4. The van der Waals surface area contributed by atoms with Gasteiger partial charge in [-0.1, -0.05) is 0 Å². The first-order chi connectivity index (χ1) is 13.3. The van der Waals surface area contributed by atoms with Crippen LogP contribution in [-0.4, -0.2) is 32.1 Å². The fraction of sp³-hybridized carbons (Fsp3) is 0.400. The Hall–Kier alpha value is -2.32. The van der Waals surface area contributed by atoms with Crippen molar-refractivity contribution in [1.29, 1.82) is 0 Å². The van der Waals surface area contributed by atoms with E-state index in [1.807, 2.05) is 0 Å². The Morgan fingerprint density at radius 1 is 1.21 bits per heavy atom. The van der Waals surface area contributed by atoms with Gasteiger partial charge in [-0.3, -0.25) is 9.78 Å². The Balaban J connectivity index is 1.76. The molecule has 1 N–H and O–H groups in total. The Bertz CT molecular complexity index is 1070. The molecule has 1 aliphatic carbocycles. The van der Waals surface area contributed by atoms with Gasteiger partial charge in [0.2, 0.25) is 15.9 Å². The summed E-state index contributed by atoms with van der Waals surface area (Å²) < 4.78 is 41.6. The summed E-state index contributed by atoms with van der Waals surface area (Å²) in [6, 6.07) is 2.87. The fourth-order valence-corrected chi connectivity index (χ4v) is 4.90. The molecule has 0 spiro atoms. The second-order valence-corrected chi connectivity index (χ2v) is 9.32. The molecule has 6 nitrogen and oxygen atoms in total. The van der Waals surface area contributed by atoms with Gasteiger partial charge in [0.05, 0.1) is 5.75 Å². The minimum Gasteiger partial charge on any atom is -0.315 e. The van der Waals surface area contributed by atoms with Crippen molar-refractivity contribution in [3.05, 3.63) is 47.0 Å². The number of benzene rings is 1. The van der Waals surface area contributed by atoms with E-state index in [0.29, 0.717) is 42.5 Å². The second kappa shape index (κ2) is 6.93. The van der Waals surface area contributed by atoms with Crippen LogP contribution in [0, 0.1) is 5.82 Å². The van der Waals surface area contributed by atoms with E-state index < -0.39 is 15.8 Å². The van der Waals surface area contributed by atoms with Crippen molar-refractivity contribution in [3.8, 4) is 11.1 Å². The number of nitrogens with one attached hydrogen (secondary N) is 1. The van der Waals surface area contributed by atoms with Crippen LogP contribution >= 0.6 is 0 Å². The maximum Gasteiger partial charge on any atom is 0.227 e. The molecule has 0 fully saturated rings. The third-order valence-corrected chi connectivity index (χ3v) is 7.06. The summed E-state index contributed by atoms with van der Waals surface area (Å²) in [5.74, 6) is -0.418. The largest absolute Gasteiger partial charge is 0.315 e. The van der Waals surface area contributed by atoms with Crippen molar-refractivity contribution < 1.29 is 17.6 Å². The lowest BCUT2D eigenvalue weighted by molar-refractivity contribution is -0.118. The molecule has 4 rings (SSSR count). The quantitative estimate of drug-likeness (QED) is 0.851. The number of sulfonamides is 1. The molecule has 0 bridgehead atoms. The van der Waals surface area contributed by atoms with E-state index in [4.69, 9.17) is 0 Å². The van der Waals surface area contributed by atoms with Crippen molar-refractivity contribution in [2.24, 2.45) is 0 Å². The van der Waals surface area contributed by atoms with Crippen LogP contribution in [0.25, 0.3) is 11.1 Å². The second-order valence-electron chi connectivity index (χ2n) is 7.28. The molecule has 148 valence electrons. The van der Waals surface area contributed by atoms with Gasteiger partial charge < -0.3 is 4.90 Å². The average molecular weight is 403 g/mol. The molecule has 0 radical (unpaired) electrons. The van der Waals surface area contributed by atoms with Crippen LogP contribution in [0.3, 0.4) is 0 Å². The summed E-state index contributed by atoms with van der Waals surface area (Å²) in [4.78, 5) is 17.6. The molecular formula is C20H22FN3O3S. The average Bonchev–Trinajstić information content (AvgIpc) is 3.07. The molecule has 1 aliphatic heterocycles. The third kappa shape index (κ3) is 3.20. The van der Waals surface area contributed by atoms with Gasteiger partial charge in [0.25, 0.3) is 0 Å². The van der Waals surface area contributed by atoms with E-state index in [9.17, 15) is 17.6 Å². The van der Waals surface area contributed by atoms with E-state index in [1.54, 1.807) is 32.4 Å². The van der Waals surface area contributed by atoms with Gasteiger partial charge in [0.15, 0.2) is 0 Å². The maximum atomic E-state index is 15.0. The van der Waals surface area contributed by atoms with Gasteiger partial charge in [0, 0.05) is 48.7 Å². The number of aromatic nitrogens is 1. The van der Waals surface area contributed by atoms with Crippen LogP contribution in [0.1, 0.15) is 42.5 Å². The number of halogens is 1. The number of amides is 1. The number of hydrogen-bond donors (Lipinski definition) is 1. The highest BCUT2D eigenvalue weighted by Gasteiger charge is 2.30. The molecule has 8 heteroatoms. The standard InChI is InChI=1S/C20H22FN3O3S/c1-3-28(26,27)23-18-6-5-13-15(10-22-11-16(13)18)14-8-12-4-7-20(25)24(2)19(12)9-17(14)21/h8-11,18,23H,3-7H2,1-2H3/t18-/m1/s1. The van der Waals surface area contributed by atoms with E-state index in [0.717, 1.165) is 16.7 Å². The van der Waals surface area contributed by atoms with Crippen molar-refractivity contribution in [3.63, 3.8) is 0 Å². The van der Waals surface area contributed by atoms with Crippen LogP contribution in [0.15, 0.2) is 24.5 Å². The normalized spacial score (nSPS) is 18.9. The minimum absolute atomic E-state index is 0.0115. The summed E-state index contributed by atoms with van der Waals surface area (Å²) in [6.07, 6.45) is 5.55. The van der Waals surface area contributed by atoms with Gasteiger partial charge in [-0.25, -0.2) is 17.5 Å². The maximum absolute atomic E-state index is 15.0. The summed E-state index contributed by atoms with van der Waals surface area (Å²) in [5.41, 5.74) is 4.40. The molecule has 1 atom stereocenters. The lowest BCUT2D eigenvalue weighted by Crippen LogP contribution is -2.31. The van der Waals surface area contributed by atoms with Crippen LogP contribution < -0.4 is 9.62 Å². The molecule has 2 heterocycles. The number of rotatable bonds is 4. The van der Waals surface area contributed by atoms with Gasteiger partial charge in [-0.2, -0.15) is 0 Å². The first kappa shape index (κ1) is 19.0. The van der Waals surface area contributed by atoms with Crippen LogP contribution in [0.2, 0.25) is 0 Å². The molecule has 2 aliphatic rings. The number of nitrogens with zero attached hydrogens (tertiary/aromatic N) is 2. The SMILES string of the molecule is CCS(=O)(=O)N[C@@H]1CCc2c(-c3cc4c(cc3F)N(C)C(=O)CC4)cncc21. The molecule has 1 aromatic carbocycles. The smallest absolute Gasteiger partial charge is 0.227 e. The molecule has 0 saturated heterocycles. The zero-order chi connectivity index (χ0) is 20.1. The van der Waals surface area contributed by atoms with Crippen molar-refractivity contribution in [1.82, 2.24) is 9.71 Å². The predicted molar refractivity (Wildman–Crippen MR) is 105 cm³/mol. The lowest BCUT2D eigenvalue weighted by atomic mass is 9.93. The van der Waals surface area contributed by atoms with Gasteiger partial charge in [-0.05, 0) is 55.0 Å². The number of aryl methyl sites for hydroxylation is 1. The first-order valence-corrected chi connectivity index (χ1v) is 11.0. The summed E-state index contributed by atoms with van der Waals surface area (Å²) >= 11 is 0. The van der Waals surface area contributed by atoms with E-state index >= 15 is 0 Å². The topological polar surface area (TPSA) is 79.4 Å². The highest BCUT2D eigenvalue weighted by molar-refractivity contribution is 7.89. The van der Waals surface area contributed by atoms with Crippen LogP contribution in [-0.2, 0) is 27.7 Å². The minimum atomic E-state index is -3.34. The lowest BCUT2D eigenvalue weighted by Gasteiger charge is -2.26. The van der Waals surface area contributed by atoms with E-state index in [2.05, 4.69) is 9.71 Å². The number of anilines is 1. The van der Waals surface area contributed by atoms with Crippen LogP contribution in [0.4, 0.5) is 10.1 Å². The fourth-order valence-electron chi connectivity index (χ4n) is 4.05. The molecule has 28 heavy (non-hydrogen) atoms. The van der Waals surface area contributed by atoms with E-state index in [-0.39, 0.29) is 17.7 Å². The third-order valence-electron chi connectivity index (χ3n) is 5.65. The summed E-state index contributed by atoms with van der Waals surface area (Å²) in [7, 11) is -1.69. The van der Waals surface area contributed by atoms with Crippen LogP contribution in [0.5, 0.6) is 0 Å². The molecule has 0 unspecified atom stereocenters. The highest BCUT2D eigenvalue weighted by atomic mass is 32.2. The summed E-state index contributed by atoms with van der Waals surface area (Å²) in [6.45, 7) is 1.59. The molecule has 2 aromatic rings. The first-order valence-electron chi connectivity index (χ1n) is 9.37. The molecule has 1 amide bonds. The Morgan fingerprint density at radius 3 is 2.75 bits per heavy atom. The monoisotopic (exact) mass is 403 g/mol. The predicted octanol–water partition coefficient (Wildman–Crippen LogP) is 2.72. The van der Waals surface area contributed by atoms with Crippen molar-refractivity contribution >= 4 is 21.6 Å². The molecule has 1 aromatic heterocycles. The van der Waals surface area contributed by atoms with Gasteiger partial charge >= 0.3 is 0 Å². The van der Waals surface area contributed by atoms with Crippen molar-refractivity contribution in [2.75, 3.05) is 17.7 Å². The van der Waals surface area contributed by atoms with Crippen molar-refractivity contribution in [2.45, 2.75) is 38.6 Å². The Labute approximate surface area is 163 Å². The zero-order valence-electron chi connectivity index (χ0n) is 15.8. The number of pyridine rings is 1. The molecular weight excluding hydrogens is 381 g/mol. The van der Waals surface area contributed by atoms with Gasteiger partial charge in [0.1, 0.15) is 5.82 Å². The zero-order valence-corrected chi connectivity index (χ0v) is 16.6. The Morgan fingerprint density at radius 2 is 2.00 bits per heavy atom. The summed E-state index contributed by atoms with van der Waals surface area (Å²) in [5, 5.41) is 0.